The van der Waals surface area contributed by atoms with Crippen LogP contribution in [0.4, 0.5) is 0 Å². The first-order chi connectivity index (χ1) is 21.4. The van der Waals surface area contributed by atoms with E-state index in [0.717, 1.165) is 40.7 Å². The van der Waals surface area contributed by atoms with E-state index in [0.29, 0.717) is 39.5 Å². The van der Waals surface area contributed by atoms with Gasteiger partial charge in [-0.05, 0) is 67.6 Å². The minimum Gasteiger partial charge on any atom is -0.455 e. The maximum atomic E-state index is 13.6. The first-order valence-corrected chi connectivity index (χ1v) is 14.5. The van der Waals surface area contributed by atoms with Crippen LogP contribution in [0, 0.1) is 6.92 Å². The third-order valence-electron chi connectivity index (χ3n) is 7.95. The first kappa shape index (κ1) is 28.6. The minimum atomic E-state index is -0.589. The molecule has 1 fully saturated rings. The van der Waals surface area contributed by atoms with Crippen LogP contribution >= 0.6 is 0 Å². The summed E-state index contributed by atoms with van der Waals surface area (Å²) in [6, 6.07) is 21.0. The number of carbonyl (C=O) groups excluding carboxylic acids is 2. The standard InChI is InChI=1S/C36H33N5O3/c1-5-10-24(11-6-2)32-38-35(41-40-32)36(18-19-36)39-33(42)26-15-14-22(3)27(21-26)25-16-17-29-28(20-25)30(34(43)37-4)31(44-29)23-12-8-7-9-13-23/h5-17,20-21H,1,18-19H2,2-4H3,(H,37,43)(H,39,42)(H,38,40,41)/b11-6-,24-10+. The summed E-state index contributed by atoms with van der Waals surface area (Å²) < 4.78 is 6.19. The van der Waals surface area contributed by atoms with Gasteiger partial charge in [-0.1, -0.05) is 73.3 Å². The summed E-state index contributed by atoms with van der Waals surface area (Å²) in [6.45, 7) is 7.71. The van der Waals surface area contributed by atoms with E-state index in [1.54, 1.807) is 13.1 Å². The van der Waals surface area contributed by atoms with Crippen molar-refractivity contribution in [3.05, 3.63) is 126 Å². The van der Waals surface area contributed by atoms with Crippen molar-refractivity contribution in [1.29, 1.82) is 0 Å². The molecular weight excluding hydrogens is 550 g/mol. The van der Waals surface area contributed by atoms with Gasteiger partial charge in [-0.15, -0.1) is 10.2 Å². The van der Waals surface area contributed by atoms with Gasteiger partial charge in [-0.25, -0.2) is 0 Å². The number of carbonyl (C=O) groups is 2. The molecule has 1 aliphatic carbocycles. The fourth-order valence-electron chi connectivity index (χ4n) is 5.45. The SMILES string of the molecule is C=C/C=C(\C=C/C)c1nnc(C2(NC(=O)c3ccc(C)c(-c4ccc5oc(-c6ccccc6)c(C(=O)NC)c5c4)c3)CC2)[nH]1. The van der Waals surface area contributed by atoms with Crippen molar-refractivity contribution in [2.75, 3.05) is 7.05 Å². The van der Waals surface area contributed by atoms with Gasteiger partial charge >= 0.3 is 0 Å². The number of furan rings is 1. The maximum Gasteiger partial charge on any atom is 0.255 e. The summed E-state index contributed by atoms with van der Waals surface area (Å²) in [4.78, 5) is 29.9. The number of benzene rings is 3. The number of hydrogen-bond donors (Lipinski definition) is 3. The van der Waals surface area contributed by atoms with E-state index in [2.05, 4.69) is 32.4 Å². The topological polar surface area (TPSA) is 113 Å². The minimum absolute atomic E-state index is 0.196. The van der Waals surface area contributed by atoms with Crippen LogP contribution in [0.1, 0.15) is 57.7 Å². The molecule has 1 aliphatic rings. The normalized spacial score (nSPS) is 14.1. The molecule has 1 saturated carbocycles. The molecule has 2 amide bonds. The Bertz CT molecular complexity index is 1960. The van der Waals surface area contributed by atoms with Gasteiger partial charge in [-0.3, -0.25) is 9.59 Å². The van der Waals surface area contributed by atoms with Crippen LogP contribution in [-0.4, -0.2) is 34.0 Å². The molecule has 3 N–H and O–H groups in total. The molecule has 5 aromatic rings. The summed E-state index contributed by atoms with van der Waals surface area (Å²) >= 11 is 0. The number of fused-ring (bicyclic) bond motifs is 1. The maximum absolute atomic E-state index is 13.6. The average molecular weight is 584 g/mol. The van der Waals surface area contributed by atoms with Crippen LogP contribution in [0.15, 0.2) is 102 Å². The summed E-state index contributed by atoms with van der Waals surface area (Å²) in [5.74, 6) is 1.35. The third kappa shape index (κ3) is 5.26. The van der Waals surface area contributed by atoms with Crippen LogP contribution < -0.4 is 10.6 Å². The fourth-order valence-corrected chi connectivity index (χ4v) is 5.45. The van der Waals surface area contributed by atoms with Crippen molar-refractivity contribution in [2.45, 2.75) is 32.2 Å². The molecule has 3 aromatic carbocycles. The zero-order valence-corrected chi connectivity index (χ0v) is 24.9. The zero-order valence-electron chi connectivity index (χ0n) is 24.9. The highest BCUT2D eigenvalue weighted by Gasteiger charge is 2.49. The molecule has 8 heteroatoms. The number of aromatic nitrogens is 3. The largest absolute Gasteiger partial charge is 0.455 e. The smallest absolute Gasteiger partial charge is 0.255 e. The highest BCUT2D eigenvalue weighted by molar-refractivity contribution is 6.12. The number of nitrogens with one attached hydrogen (secondary N) is 3. The monoisotopic (exact) mass is 583 g/mol. The molecule has 0 aliphatic heterocycles. The summed E-state index contributed by atoms with van der Waals surface area (Å²) in [5.41, 5.74) is 5.48. The Morgan fingerprint density at radius 3 is 2.50 bits per heavy atom. The summed E-state index contributed by atoms with van der Waals surface area (Å²) in [7, 11) is 1.61. The molecule has 0 spiro atoms. The third-order valence-corrected chi connectivity index (χ3v) is 7.95. The second kappa shape index (κ2) is 11.6. The molecule has 220 valence electrons. The Hall–Kier alpha value is -5.50. The quantitative estimate of drug-likeness (QED) is 0.160. The van der Waals surface area contributed by atoms with Gasteiger partial charge in [0.1, 0.15) is 16.9 Å². The predicted molar refractivity (Wildman–Crippen MR) is 173 cm³/mol. The molecule has 0 radical (unpaired) electrons. The van der Waals surface area contributed by atoms with E-state index >= 15 is 0 Å². The van der Waals surface area contributed by atoms with Crippen LogP contribution in [0.25, 0.3) is 39.0 Å². The van der Waals surface area contributed by atoms with Gasteiger partial charge in [0.05, 0.1) is 5.56 Å². The van der Waals surface area contributed by atoms with Gasteiger partial charge in [0.2, 0.25) is 0 Å². The molecule has 0 saturated heterocycles. The van der Waals surface area contributed by atoms with Crippen LogP contribution in [0.5, 0.6) is 0 Å². The molecule has 0 bridgehead atoms. The molecule has 6 rings (SSSR count). The van der Waals surface area contributed by atoms with Crippen molar-refractivity contribution in [3.63, 3.8) is 0 Å². The lowest BCUT2D eigenvalue weighted by Crippen LogP contribution is -2.35. The Balaban J connectivity index is 1.32. The summed E-state index contributed by atoms with van der Waals surface area (Å²) in [5, 5.41) is 15.3. The second-order valence-electron chi connectivity index (χ2n) is 10.9. The Morgan fingerprint density at radius 1 is 1.00 bits per heavy atom. The molecule has 2 aromatic heterocycles. The lowest BCUT2D eigenvalue weighted by molar-refractivity contribution is 0.0927. The van der Waals surface area contributed by atoms with E-state index in [1.165, 1.54) is 0 Å². The average Bonchev–Trinajstić information content (AvgIpc) is 3.46. The number of aromatic amines is 1. The van der Waals surface area contributed by atoms with Crippen LogP contribution in [-0.2, 0) is 5.54 Å². The Kier molecular flexibility index (Phi) is 7.57. The van der Waals surface area contributed by atoms with Crippen LogP contribution in [0.3, 0.4) is 0 Å². The lowest BCUT2D eigenvalue weighted by Gasteiger charge is -2.16. The van der Waals surface area contributed by atoms with E-state index in [-0.39, 0.29) is 11.8 Å². The molecule has 2 heterocycles. The number of nitrogens with zero attached hydrogens (tertiary/aromatic N) is 2. The second-order valence-corrected chi connectivity index (χ2v) is 10.9. The predicted octanol–water partition coefficient (Wildman–Crippen LogP) is 7.12. The number of aryl methyl sites for hydroxylation is 1. The summed E-state index contributed by atoms with van der Waals surface area (Å²) in [6.07, 6.45) is 8.94. The van der Waals surface area contributed by atoms with Crippen molar-refractivity contribution in [1.82, 2.24) is 25.8 Å². The van der Waals surface area contributed by atoms with Gasteiger partial charge in [0.15, 0.2) is 11.6 Å². The van der Waals surface area contributed by atoms with Crippen molar-refractivity contribution in [2.24, 2.45) is 0 Å². The van der Waals surface area contributed by atoms with Gasteiger partial charge < -0.3 is 20.0 Å². The Morgan fingerprint density at radius 2 is 1.80 bits per heavy atom. The van der Waals surface area contributed by atoms with Crippen molar-refractivity contribution < 1.29 is 14.0 Å². The van der Waals surface area contributed by atoms with Crippen molar-refractivity contribution >= 4 is 28.4 Å². The van der Waals surface area contributed by atoms with Crippen LogP contribution in [0.2, 0.25) is 0 Å². The highest BCUT2D eigenvalue weighted by atomic mass is 16.3. The molecular formula is C36H33N5O3. The van der Waals surface area contributed by atoms with E-state index < -0.39 is 5.54 Å². The molecule has 0 unspecified atom stereocenters. The highest BCUT2D eigenvalue weighted by Crippen LogP contribution is 2.44. The lowest BCUT2D eigenvalue weighted by atomic mass is 9.95. The fraction of sp³-hybridized carbons (Fsp3) is 0.167. The van der Waals surface area contributed by atoms with Gasteiger partial charge in [0, 0.05) is 29.1 Å². The van der Waals surface area contributed by atoms with E-state index in [9.17, 15) is 9.59 Å². The van der Waals surface area contributed by atoms with E-state index in [1.807, 2.05) is 98.8 Å². The molecule has 0 atom stereocenters. The van der Waals surface area contributed by atoms with E-state index in [4.69, 9.17) is 4.42 Å². The Labute approximate surface area is 255 Å². The number of hydrogen-bond acceptors (Lipinski definition) is 5. The number of rotatable bonds is 9. The van der Waals surface area contributed by atoms with Gasteiger partial charge in [-0.2, -0.15) is 0 Å². The number of amides is 2. The molecule has 8 nitrogen and oxygen atoms in total. The number of H-pyrrole nitrogens is 1. The first-order valence-electron chi connectivity index (χ1n) is 14.5. The van der Waals surface area contributed by atoms with Crippen molar-refractivity contribution in [3.8, 4) is 22.5 Å². The molecule has 44 heavy (non-hydrogen) atoms. The number of allylic oxidation sites excluding steroid dienone is 5. The zero-order chi connectivity index (χ0) is 30.8. The van der Waals surface area contributed by atoms with Gasteiger partial charge in [0.25, 0.3) is 11.8 Å².